The molecule has 32 heavy (non-hydrogen) atoms. The van der Waals surface area contributed by atoms with E-state index in [0.717, 1.165) is 28.6 Å². The van der Waals surface area contributed by atoms with Crippen molar-refractivity contribution in [3.05, 3.63) is 52.5 Å². The number of rotatable bonds is 4. The molecule has 2 aliphatic heterocycles. The molecule has 0 aromatic heterocycles. The lowest BCUT2D eigenvalue weighted by Gasteiger charge is -2.32. The molecule has 2 aromatic rings. The highest BCUT2D eigenvalue weighted by Gasteiger charge is 2.34. The van der Waals surface area contributed by atoms with Crippen LogP contribution in [0.4, 0.5) is 11.4 Å². The first-order valence-electron chi connectivity index (χ1n) is 10.7. The number of hydrogen-bond acceptors (Lipinski definition) is 4. The Morgan fingerprint density at radius 3 is 2.66 bits per heavy atom. The third-order valence-electron chi connectivity index (χ3n) is 6.03. The summed E-state index contributed by atoms with van der Waals surface area (Å²) in [5, 5.41) is 2.89. The Kier molecular flexibility index (Phi) is 6.69. The summed E-state index contributed by atoms with van der Waals surface area (Å²) in [4.78, 5) is 26.6. The number of sulfonamides is 1. The molecular weight excluding hydrogens is 494 g/mol. The van der Waals surface area contributed by atoms with Gasteiger partial charge in [0.2, 0.25) is 21.8 Å². The van der Waals surface area contributed by atoms with Gasteiger partial charge in [-0.2, -0.15) is 4.31 Å². The van der Waals surface area contributed by atoms with Gasteiger partial charge >= 0.3 is 0 Å². The van der Waals surface area contributed by atoms with E-state index in [1.165, 1.54) is 11.2 Å². The van der Waals surface area contributed by atoms with Crippen molar-refractivity contribution in [3.8, 4) is 0 Å². The highest BCUT2D eigenvalue weighted by Crippen LogP contribution is 2.32. The SMILES string of the molecule is CC(=O)N1CCCc2cc(S(=O)(=O)N3CCCC(C(=O)Nc4cccc(Br)c4)C3)ccc21. The van der Waals surface area contributed by atoms with Gasteiger partial charge in [0.1, 0.15) is 0 Å². The van der Waals surface area contributed by atoms with E-state index in [1.54, 1.807) is 29.2 Å². The normalized spacial score (nSPS) is 19.3. The molecule has 1 atom stereocenters. The lowest BCUT2D eigenvalue weighted by atomic mass is 9.99. The van der Waals surface area contributed by atoms with Gasteiger partial charge in [0.25, 0.3) is 0 Å². The minimum absolute atomic E-state index is 0.0445. The summed E-state index contributed by atoms with van der Waals surface area (Å²) < 4.78 is 29.0. The van der Waals surface area contributed by atoms with Crippen molar-refractivity contribution in [1.82, 2.24) is 4.31 Å². The molecule has 0 radical (unpaired) electrons. The van der Waals surface area contributed by atoms with E-state index in [1.807, 2.05) is 18.2 Å². The number of piperidine rings is 1. The number of anilines is 2. The Balaban J connectivity index is 1.51. The van der Waals surface area contributed by atoms with Crippen LogP contribution >= 0.6 is 15.9 Å². The van der Waals surface area contributed by atoms with Crippen molar-refractivity contribution in [3.63, 3.8) is 0 Å². The average Bonchev–Trinajstić information content (AvgIpc) is 2.78. The average molecular weight is 520 g/mol. The Hall–Kier alpha value is -2.23. The quantitative estimate of drug-likeness (QED) is 0.665. The number of fused-ring (bicyclic) bond motifs is 1. The molecule has 0 saturated carbocycles. The van der Waals surface area contributed by atoms with Crippen LogP contribution in [0.25, 0.3) is 0 Å². The van der Waals surface area contributed by atoms with E-state index in [-0.39, 0.29) is 23.3 Å². The first-order valence-corrected chi connectivity index (χ1v) is 13.0. The highest BCUT2D eigenvalue weighted by molar-refractivity contribution is 9.10. The van der Waals surface area contributed by atoms with Crippen LogP contribution in [0.1, 0.15) is 31.7 Å². The smallest absolute Gasteiger partial charge is 0.243 e. The van der Waals surface area contributed by atoms with Crippen molar-refractivity contribution in [2.75, 3.05) is 29.9 Å². The van der Waals surface area contributed by atoms with Crippen LogP contribution in [0.15, 0.2) is 51.8 Å². The molecule has 1 N–H and O–H groups in total. The molecule has 170 valence electrons. The molecule has 2 amide bonds. The van der Waals surface area contributed by atoms with E-state index in [9.17, 15) is 18.0 Å². The molecule has 2 aliphatic rings. The Morgan fingerprint density at radius 1 is 1.09 bits per heavy atom. The van der Waals surface area contributed by atoms with E-state index in [0.29, 0.717) is 31.6 Å². The van der Waals surface area contributed by atoms with E-state index in [2.05, 4.69) is 21.2 Å². The lowest BCUT2D eigenvalue weighted by Crippen LogP contribution is -2.43. The standard InChI is InChI=1S/C23H26BrN3O4S/c1-16(28)27-12-4-5-17-13-21(9-10-22(17)27)32(30,31)26-11-3-6-18(15-26)23(29)25-20-8-2-7-19(24)14-20/h2,7-10,13-14,18H,3-6,11-12,15H2,1H3,(H,25,29). The van der Waals surface area contributed by atoms with Crippen LogP contribution in [0.3, 0.4) is 0 Å². The molecule has 4 rings (SSSR count). The van der Waals surface area contributed by atoms with Gasteiger partial charge in [-0.1, -0.05) is 22.0 Å². The van der Waals surface area contributed by atoms with Gasteiger partial charge < -0.3 is 10.2 Å². The number of benzene rings is 2. The summed E-state index contributed by atoms with van der Waals surface area (Å²) in [5.41, 5.74) is 2.33. The number of aryl methyl sites for hydroxylation is 1. The Labute approximate surface area is 197 Å². The molecule has 2 heterocycles. The highest BCUT2D eigenvalue weighted by atomic mass is 79.9. The zero-order chi connectivity index (χ0) is 22.9. The van der Waals surface area contributed by atoms with E-state index < -0.39 is 15.9 Å². The van der Waals surface area contributed by atoms with Crippen LogP contribution in [0.2, 0.25) is 0 Å². The van der Waals surface area contributed by atoms with Crippen LogP contribution in [-0.4, -0.2) is 44.2 Å². The second-order valence-electron chi connectivity index (χ2n) is 8.27. The van der Waals surface area contributed by atoms with Gasteiger partial charge in [-0.3, -0.25) is 9.59 Å². The van der Waals surface area contributed by atoms with Crippen LogP contribution in [0.5, 0.6) is 0 Å². The number of amides is 2. The summed E-state index contributed by atoms with van der Waals surface area (Å²) in [6.07, 6.45) is 2.81. The first-order chi connectivity index (χ1) is 15.3. The van der Waals surface area contributed by atoms with Gasteiger partial charge in [-0.25, -0.2) is 8.42 Å². The Morgan fingerprint density at radius 2 is 1.91 bits per heavy atom. The zero-order valence-corrected chi connectivity index (χ0v) is 20.3. The first kappa shape index (κ1) is 22.9. The van der Waals surface area contributed by atoms with E-state index >= 15 is 0 Å². The molecule has 2 aromatic carbocycles. The third kappa shape index (κ3) is 4.74. The van der Waals surface area contributed by atoms with Gasteiger partial charge in [0.05, 0.1) is 10.8 Å². The predicted octanol–water partition coefficient (Wildman–Crippen LogP) is 3.79. The molecular formula is C23H26BrN3O4S. The molecule has 7 nitrogen and oxygen atoms in total. The fourth-order valence-electron chi connectivity index (χ4n) is 4.40. The van der Waals surface area contributed by atoms with Gasteiger partial charge in [0.15, 0.2) is 0 Å². The predicted molar refractivity (Wildman–Crippen MR) is 127 cm³/mol. The van der Waals surface area contributed by atoms with Crippen LogP contribution < -0.4 is 10.2 Å². The van der Waals surface area contributed by atoms with Crippen molar-refractivity contribution >= 4 is 49.1 Å². The fraction of sp³-hybridized carbons (Fsp3) is 0.391. The lowest BCUT2D eigenvalue weighted by molar-refractivity contribution is -0.121. The van der Waals surface area contributed by atoms with Crippen molar-refractivity contribution in [2.45, 2.75) is 37.5 Å². The summed E-state index contributed by atoms with van der Waals surface area (Å²) in [5.74, 6) is -0.634. The third-order valence-corrected chi connectivity index (χ3v) is 8.39. The number of nitrogens with one attached hydrogen (secondary N) is 1. The number of nitrogens with zero attached hydrogens (tertiary/aromatic N) is 2. The summed E-state index contributed by atoms with van der Waals surface area (Å²) in [6.45, 7) is 2.71. The molecule has 0 bridgehead atoms. The molecule has 1 saturated heterocycles. The summed E-state index contributed by atoms with van der Waals surface area (Å²) in [7, 11) is -3.74. The number of hydrogen-bond donors (Lipinski definition) is 1. The molecule has 0 aliphatic carbocycles. The van der Waals surface area contributed by atoms with Crippen molar-refractivity contribution in [1.29, 1.82) is 0 Å². The molecule has 0 spiro atoms. The number of carbonyl (C=O) groups excluding carboxylic acids is 2. The maximum Gasteiger partial charge on any atom is 0.243 e. The van der Waals surface area contributed by atoms with E-state index in [4.69, 9.17) is 0 Å². The van der Waals surface area contributed by atoms with Gasteiger partial charge in [-0.05, 0) is 67.6 Å². The number of carbonyl (C=O) groups is 2. The molecule has 1 unspecified atom stereocenters. The number of halogens is 1. The van der Waals surface area contributed by atoms with Crippen molar-refractivity contribution < 1.29 is 18.0 Å². The Bertz CT molecular complexity index is 1150. The van der Waals surface area contributed by atoms with Gasteiger partial charge in [0, 0.05) is 42.4 Å². The summed E-state index contributed by atoms with van der Waals surface area (Å²) >= 11 is 3.39. The fourth-order valence-corrected chi connectivity index (χ4v) is 6.37. The zero-order valence-electron chi connectivity index (χ0n) is 17.9. The molecule has 1 fully saturated rings. The second-order valence-corrected chi connectivity index (χ2v) is 11.1. The monoisotopic (exact) mass is 519 g/mol. The van der Waals surface area contributed by atoms with Gasteiger partial charge in [-0.15, -0.1) is 0 Å². The maximum absolute atomic E-state index is 13.4. The minimum Gasteiger partial charge on any atom is -0.326 e. The second kappa shape index (κ2) is 9.33. The van der Waals surface area contributed by atoms with Crippen LogP contribution in [0, 0.1) is 5.92 Å². The minimum atomic E-state index is -3.74. The van der Waals surface area contributed by atoms with Crippen molar-refractivity contribution in [2.24, 2.45) is 5.92 Å². The largest absolute Gasteiger partial charge is 0.326 e. The topological polar surface area (TPSA) is 86.8 Å². The molecule has 9 heteroatoms. The van der Waals surface area contributed by atoms with Crippen LogP contribution in [-0.2, 0) is 26.0 Å². The summed E-state index contributed by atoms with van der Waals surface area (Å²) in [6, 6.07) is 12.3. The maximum atomic E-state index is 13.4.